The Morgan fingerprint density at radius 1 is 1.19 bits per heavy atom. The zero-order chi connectivity index (χ0) is 18.8. The molecule has 3 aromatic rings. The number of aromatic nitrogens is 3. The van der Waals surface area contributed by atoms with Gasteiger partial charge in [-0.05, 0) is 32.4 Å². The summed E-state index contributed by atoms with van der Waals surface area (Å²) in [5.41, 5.74) is 3.02. The summed E-state index contributed by atoms with van der Waals surface area (Å²) < 4.78 is 12.0. The van der Waals surface area contributed by atoms with Crippen LogP contribution in [0.4, 0.5) is 0 Å². The van der Waals surface area contributed by atoms with Gasteiger partial charge < -0.3 is 9.26 Å². The summed E-state index contributed by atoms with van der Waals surface area (Å²) in [5, 5.41) is 9.01. The van der Waals surface area contributed by atoms with Gasteiger partial charge in [0.05, 0.1) is 23.5 Å². The lowest BCUT2D eigenvalue weighted by Crippen LogP contribution is -2.08. The second-order valence-corrected chi connectivity index (χ2v) is 6.64. The smallest absolute Gasteiger partial charge is 0.343 e. The van der Waals surface area contributed by atoms with Gasteiger partial charge in [0.2, 0.25) is 0 Å². The first-order chi connectivity index (χ1) is 12.4. The Balaban J connectivity index is 1.79. The Labute approximate surface area is 160 Å². The van der Waals surface area contributed by atoms with Crippen LogP contribution in [-0.2, 0) is 17.9 Å². The fourth-order valence-corrected chi connectivity index (χ4v) is 3.10. The van der Waals surface area contributed by atoms with Crippen molar-refractivity contribution in [3.63, 3.8) is 0 Å². The highest BCUT2D eigenvalue weighted by Crippen LogP contribution is 2.24. The number of hydrogen-bond acceptors (Lipinski definition) is 5. The maximum atomic E-state index is 12.5. The summed E-state index contributed by atoms with van der Waals surface area (Å²) in [6.07, 6.45) is 0. The van der Waals surface area contributed by atoms with Crippen LogP contribution in [0, 0.1) is 20.8 Å². The van der Waals surface area contributed by atoms with E-state index in [1.807, 2.05) is 18.2 Å². The molecule has 0 aliphatic rings. The van der Waals surface area contributed by atoms with E-state index < -0.39 is 5.97 Å². The number of hydrogen-bond donors (Lipinski definition) is 0. The molecule has 2 heterocycles. The van der Waals surface area contributed by atoms with E-state index in [-0.39, 0.29) is 17.3 Å². The van der Waals surface area contributed by atoms with Crippen molar-refractivity contribution in [1.82, 2.24) is 14.9 Å². The summed E-state index contributed by atoms with van der Waals surface area (Å²) in [7, 11) is 0. The Bertz CT molecular complexity index is 943. The Hall–Kier alpha value is -2.31. The molecule has 0 aliphatic carbocycles. The molecule has 0 unspecified atom stereocenters. The second-order valence-electron chi connectivity index (χ2n) is 5.88. The molecule has 0 N–H and O–H groups in total. The van der Waals surface area contributed by atoms with Crippen molar-refractivity contribution < 1.29 is 14.1 Å². The molecule has 0 atom stereocenters. The molecule has 0 fully saturated rings. The number of carbonyl (C=O) groups is 1. The lowest BCUT2D eigenvalue weighted by Gasteiger charge is -2.06. The van der Waals surface area contributed by atoms with E-state index in [9.17, 15) is 4.79 Å². The van der Waals surface area contributed by atoms with Gasteiger partial charge in [-0.2, -0.15) is 5.10 Å². The van der Waals surface area contributed by atoms with Crippen LogP contribution in [0.15, 0.2) is 28.8 Å². The minimum Gasteiger partial charge on any atom is -0.457 e. The topological polar surface area (TPSA) is 70.2 Å². The van der Waals surface area contributed by atoms with Crippen molar-refractivity contribution in [2.45, 2.75) is 33.9 Å². The minimum absolute atomic E-state index is 0.0610. The van der Waals surface area contributed by atoms with E-state index in [1.54, 1.807) is 26.8 Å². The van der Waals surface area contributed by atoms with Gasteiger partial charge in [-0.3, -0.25) is 0 Å². The first-order valence-corrected chi connectivity index (χ1v) is 8.69. The predicted octanol–water partition coefficient (Wildman–Crippen LogP) is 4.51. The molecule has 0 saturated heterocycles. The third-order valence-corrected chi connectivity index (χ3v) is 4.83. The molecule has 0 amide bonds. The highest BCUT2D eigenvalue weighted by molar-refractivity contribution is 6.33. The van der Waals surface area contributed by atoms with Crippen molar-refractivity contribution in [2.75, 3.05) is 0 Å². The van der Waals surface area contributed by atoms with Crippen molar-refractivity contribution in [3.05, 3.63) is 68.3 Å². The third-order valence-electron chi connectivity index (χ3n) is 4.08. The molecule has 0 spiro atoms. The summed E-state index contributed by atoms with van der Waals surface area (Å²) in [6.45, 7) is 5.69. The molecule has 0 bridgehead atoms. The van der Waals surface area contributed by atoms with E-state index in [1.165, 1.54) is 4.68 Å². The molecule has 1 aromatic carbocycles. The quantitative estimate of drug-likeness (QED) is 0.596. The fourth-order valence-electron chi connectivity index (χ4n) is 2.60. The van der Waals surface area contributed by atoms with Gasteiger partial charge in [0.15, 0.2) is 0 Å². The van der Waals surface area contributed by atoms with E-state index in [4.69, 9.17) is 32.5 Å². The zero-order valence-corrected chi connectivity index (χ0v) is 16.1. The molecule has 0 radical (unpaired) electrons. The number of esters is 1. The maximum Gasteiger partial charge on any atom is 0.343 e. The van der Waals surface area contributed by atoms with Crippen molar-refractivity contribution in [1.29, 1.82) is 0 Å². The number of halogens is 2. The van der Waals surface area contributed by atoms with Crippen LogP contribution in [0.3, 0.4) is 0 Å². The van der Waals surface area contributed by atoms with Crippen molar-refractivity contribution in [3.8, 4) is 0 Å². The predicted molar refractivity (Wildman–Crippen MR) is 97.6 cm³/mol. The minimum atomic E-state index is -0.544. The van der Waals surface area contributed by atoms with Crippen LogP contribution in [0.25, 0.3) is 0 Å². The van der Waals surface area contributed by atoms with Gasteiger partial charge in [0.25, 0.3) is 0 Å². The van der Waals surface area contributed by atoms with Gasteiger partial charge in [-0.1, -0.05) is 46.6 Å². The van der Waals surface area contributed by atoms with Crippen molar-refractivity contribution >= 4 is 29.2 Å². The molecule has 6 nitrogen and oxygen atoms in total. The van der Waals surface area contributed by atoms with Gasteiger partial charge in [0.1, 0.15) is 23.1 Å². The number of carbonyl (C=O) groups excluding carboxylic acids is 1. The molecule has 136 valence electrons. The summed E-state index contributed by atoms with van der Waals surface area (Å²) >= 11 is 12.6. The largest absolute Gasteiger partial charge is 0.457 e. The highest BCUT2D eigenvalue weighted by atomic mass is 35.5. The van der Waals surface area contributed by atoms with Gasteiger partial charge >= 0.3 is 5.97 Å². The van der Waals surface area contributed by atoms with Gasteiger partial charge in [-0.25, -0.2) is 9.48 Å². The van der Waals surface area contributed by atoms with Crippen LogP contribution in [-0.4, -0.2) is 20.9 Å². The molecule has 0 saturated carbocycles. The molecule has 26 heavy (non-hydrogen) atoms. The Kier molecular flexibility index (Phi) is 5.34. The zero-order valence-electron chi connectivity index (χ0n) is 14.5. The van der Waals surface area contributed by atoms with E-state index in [2.05, 4.69) is 10.3 Å². The lowest BCUT2D eigenvalue weighted by molar-refractivity contribution is 0.0470. The van der Waals surface area contributed by atoms with E-state index in [0.717, 1.165) is 11.1 Å². The maximum absolute atomic E-state index is 12.5. The van der Waals surface area contributed by atoms with Crippen LogP contribution in [0.2, 0.25) is 10.2 Å². The summed E-state index contributed by atoms with van der Waals surface area (Å²) in [6, 6.07) is 7.40. The second kappa shape index (κ2) is 7.51. The first kappa shape index (κ1) is 18.5. The molecule has 0 aliphatic heterocycles. The van der Waals surface area contributed by atoms with Crippen molar-refractivity contribution in [2.24, 2.45) is 0 Å². The Morgan fingerprint density at radius 3 is 2.58 bits per heavy atom. The van der Waals surface area contributed by atoms with Gasteiger partial charge in [0, 0.05) is 5.02 Å². The van der Waals surface area contributed by atoms with E-state index >= 15 is 0 Å². The van der Waals surface area contributed by atoms with Crippen LogP contribution in [0.1, 0.15) is 38.6 Å². The Morgan fingerprint density at radius 2 is 1.92 bits per heavy atom. The monoisotopic (exact) mass is 393 g/mol. The summed E-state index contributed by atoms with van der Waals surface area (Å²) in [4.78, 5) is 12.5. The molecular formula is C18H17Cl2N3O3. The average Bonchev–Trinajstić information content (AvgIpc) is 3.06. The number of aryl methyl sites for hydroxylation is 3. The number of ether oxygens (including phenoxy) is 1. The summed E-state index contributed by atoms with van der Waals surface area (Å²) in [5.74, 6) is 0.0745. The number of rotatable bonds is 5. The SMILES string of the molecule is Cc1noc(C)c1COC(=O)c1c(C)nn(Cc2ccccc2Cl)c1Cl. The first-order valence-electron chi connectivity index (χ1n) is 7.93. The molecule has 3 rings (SSSR count). The number of benzene rings is 1. The van der Waals surface area contributed by atoms with Crippen LogP contribution >= 0.6 is 23.2 Å². The molecule has 8 heteroatoms. The van der Waals surface area contributed by atoms with Gasteiger partial charge in [-0.15, -0.1) is 0 Å². The fraction of sp³-hybridized carbons (Fsp3) is 0.278. The van der Waals surface area contributed by atoms with E-state index in [0.29, 0.717) is 28.7 Å². The third kappa shape index (κ3) is 3.61. The van der Waals surface area contributed by atoms with Crippen LogP contribution in [0.5, 0.6) is 0 Å². The normalized spacial score (nSPS) is 11.0. The molecular weight excluding hydrogens is 377 g/mol. The van der Waals surface area contributed by atoms with Crippen LogP contribution < -0.4 is 0 Å². The lowest BCUT2D eigenvalue weighted by atomic mass is 10.2. The highest BCUT2D eigenvalue weighted by Gasteiger charge is 2.23. The average molecular weight is 394 g/mol. The molecule has 2 aromatic heterocycles. The number of nitrogens with zero attached hydrogens (tertiary/aromatic N) is 3. The standard InChI is InChI=1S/C18H17Cl2N3O3/c1-10-14(12(3)26-22-10)9-25-18(24)16-11(2)21-23(17(16)20)8-13-6-4-5-7-15(13)19/h4-7H,8-9H2,1-3H3.